The number of methoxy groups -OCH3 is 1. The summed E-state index contributed by atoms with van der Waals surface area (Å²) in [7, 11) is -1.11. The normalized spacial score (nSPS) is 11.7. The number of amides is 1. The number of carbonyl (C=O) groups is 1. The van der Waals surface area contributed by atoms with E-state index >= 15 is 0 Å². The van der Waals surface area contributed by atoms with E-state index in [0.29, 0.717) is 5.69 Å². The number of ether oxygens (including phenoxy) is 1. The van der Waals surface area contributed by atoms with Crippen molar-refractivity contribution < 1.29 is 17.9 Å². The summed E-state index contributed by atoms with van der Waals surface area (Å²) >= 11 is 3.34. The van der Waals surface area contributed by atoms with E-state index in [9.17, 15) is 13.2 Å². The minimum Gasteiger partial charge on any atom is -0.495 e. The molecule has 27 heavy (non-hydrogen) atoms. The largest absolute Gasteiger partial charge is 0.495 e. The Hall–Kier alpha value is -1.90. The Bertz CT molecular complexity index is 929. The first-order valence-corrected chi connectivity index (χ1v) is 10.6. The van der Waals surface area contributed by atoms with Crippen LogP contribution in [0.1, 0.15) is 25.3 Å². The Labute approximate surface area is 168 Å². The fourth-order valence-electron chi connectivity index (χ4n) is 2.46. The minimum absolute atomic E-state index is 0.0485. The van der Waals surface area contributed by atoms with Crippen molar-refractivity contribution in [3.63, 3.8) is 0 Å². The lowest BCUT2D eigenvalue weighted by molar-refractivity contribution is -0.116. The zero-order valence-corrected chi connectivity index (χ0v) is 18.1. The first kappa shape index (κ1) is 21.4. The van der Waals surface area contributed by atoms with Crippen LogP contribution < -0.4 is 10.1 Å². The molecule has 0 saturated heterocycles. The van der Waals surface area contributed by atoms with E-state index in [0.717, 1.165) is 14.3 Å². The van der Waals surface area contributed by atoms with E-state index in [2.05, 4.69) is 21.2 Å². The second kappa shape index (κ2) is 8.86. The number of likely N-dealkylation sites (N-methyl/N-ethyl adjacent to an activating group) is 1. The molecule has 0 radical (unpaired) electrons. The van der Waals surface area contributed by atoms with Gasteiger partial charge in [0.05, 0.1) is 19.3 Å². The lowest BCUT2D eigenvalue weighted by Crippen LogP contribution is -2.35. The highest BCUT2D eigenvalue weighted by Crippen LogP contribution is 2.30. The van der Waals surface area contributed by atoms with E-state index in [-0.39, 0.29) is 23.1 Å². The molecule has 0 spiro atoms. The minimum atomic E-state index is -3.90. The lowest BCUT2D eigenvalue weighted by atomic mass is 10.0. The number of nitrogens with zero attached hydrogens (tertiary/aromatic N) is 1. The van der Waals surface area contributed by atoms with Crippen molar-refractivity contribution >= 4 is 37.5 Å². The zero-order valence-electron chi connectivity index (χ0n) is 15.7. The number of rotatable bonds is 7. The van der Waals surface area contributed by atoms with Crippen LogP contribution in [-0.4, -0.2) is 39.3 Å². The predicted molar refractivity (Wildman–Crippen MR) is 110 cm³/mol. The number of sulfonamides is 1. The molecule has 1 N–H and O–H groups in total. The van der Waals surface area contributed by atoms with Gasteiger partial charge in [-0.25, -0.2) is 8.42 Å². The topological polar surface area (TPSA) is 75.7 Å². The smallest absolute Gasteiger partial charge is 0.246 e. The van der Waals surface area contributed by atoms with Gasteiger partial charge in [0.25, 0.3) is 0 Å². The number of hydrogen-bond acceptors (Lipinski definition) is 4. The third-order valence-corrected chi connectivity index (χ3v) is 6.57. The Kier molecular flexibility index (Phi) is 7.02. The summed E-state index contributed by atoms with van der Waals surface area (Å²) in [6, 6.07) is 12.2. The molecule has 0 fully saturated rings. The molecule has 0 aliphatic heterocycles. The molecular weight excluding hydrogens is 432 g/mol. The maximum absolute atomic E-state index is 13.0. The molecule has 0 atom stereocenters. The van der Waals surface area contributed by atoms with Gasteiger partial charge in [-0.15, -0.1) is 0 Å². The highest BCUT2D eigenvalue weighted by atomic mass is 79.9. The van der Waals surface area contributed by atoms with E-state index in [4.69, 9.17) is 4.74 Å². The van der Waals surface area contributed by atoms with Crippen LogP contribution in [0.4, 0.5) is 5.69 Å². The molecule has 0 aliphatic carbocycles. The summed E-state index contributed by atoms with van der Waals surface area (Å²) in [4.78, 5) is 12.4. The van der Waals surface area contributed by atoms with Crippen molar-refractivity contribution in [2.24, 2.45) is 0 Å². The second-order valence-electron chi connectivity index (χ2n) is 6.35. The van der Waals surface area contributed by atoms with Crippen LogP contribution in [0.2, 0.25) is 0 Å². The summed E-state index contributed by atoms with van der Waals surface area (Å²) in [6.07, 6.45) is 0. The van der Waals surface area contributed by atoms with Gasteiger partial charge in [0, 0.05) is 11.5 Å². The van der Waals surface area contributed by atoms with Crippen LogP contribution in [0.5, 0.6) is 5.75 Å². The number of hydrogen-bond donors (Lipinski definition) is 1. The maximum atomic E-state index is 13.0. The van der Waals surface area contributed by atoms with Gasteiger partial charge in [-0.1, -0.05) is 32.0 Å². The van der Waals surface area contributed by atoms with Crippen LogP contribution in [0, 0.1) is 0 Å². The number of anilines is 1. The molecule has 6 nitrogen and oxygen atoms in total. The molecule has 0 saturated carbocycles. The molecule has 0 aromatic heterocycles. The summed E-state index contributed by atoms with van der Waals surface area (Å²) in [6.45, 7) is 3.64. The fraction of sp³-hybridized carbons (Fsp3) is 0.316. The fourth-order valence-corrected chi connectivity index (χ4v) is 4.16. The number of benzene rings is 2. The molecule has 2 aromatic rings. The summed E-state index contributed by atoms with van der Waals surface area (Å²) in [5.41, 5.74) is 1.45. The van der Waals surface area contributed by atoms with Gasteiger partial charge in [-0.05, 0) is 51.7 Å². The van der Waals surface area contributed by atoms with E-state index in [1.807, 2.05) is 26.0 Å². The van der Waals surface area contributed by atoms with Crippen molar-refractivity contribution in [1.29, 1.82) is 0 Å². The predicted octanol–water partition coefficient (Wildman–Crippen LogP) is 3.84. The van der Waals surface area contributed by atoms with Gasteiger partial charge >= 0.3 is 0 Å². The van der Waals surface area contributed by atoms with Crippen molar-refractivity contribution in [2.45, 2.75) is 24.7 Å². The molecule has 0 unspecified atom stereocenters. The summed E-state index contributed by atoms with van der Waals surface area (Å²) < 4.78 is 32.9. The Balaban J connectivity index is 2.24. The molecule has 0 bridgehead atoms. The highest BCUT2D eigenvalue weighted by Gasteiger charge is 2.27. The van der Waals surface area contributed by atoms with Gasteiger partial charge in [0.2, 0.25) is 15.9 Å². The van der Waals surface area contributed by atoms with Crippen LogP contribution in [0.25, 0.3) is 0 Å². The van der Waals surface area contributed by atoms with Gasteiger partial charge in [0.1, 0.15) is 10.6 Å². The molecule has 0 aliphatic rings. The molecule has 8 heteroatoms. The average molecular weight is 455 g/mol. The Morgan fingerprint density at radius 1 is 1.22 bits per heavy atom. The van der Waals surface area contributed by atoms with E-state index in [1.165, 1.54) is 14.2 Å². The standard InChI is InChI=1S/C19H23BrN2O4S/c1-13(2)14-9-10-17(26-4)18(11-14)27(24,25)22(3)12-19(23)21-16-8-6-5-7-15(16)20/h5-11,13H,12H2,1-4H3,(H,21,23). The van der Waals surface area contributed by atoms with Crippen LogP contribution in [0.15, 0.2) is 51.8 Å². The Morgan fingerprint density at radius 2 is 1.89 bits per heavy atom. The van der Waals surface area contributed by atoms with E-state index < -0.39 is 15.9 Å². The second-order valence-corrected chi connectivity index (χ2v) is 9.22. The van der Waals surface area contributed by atoms with Crippen LogP contribution in [-0.2, 0) is 14.8 Å². The SMILES string of the molecule is COc1ccc(C(C)C)cc1S(=O)(=O)N(C)CC(=O)Nc1ccccc1Br. The van der Waals surface area contributed by atoms with E-state index in [1.54, 1.807) is 30.3 Å². The number of halogens is 1. The summed E-state index contributed by atoms with van der Waals surface area (Å²) in [5, 5.41) is 2.70. The third kappa shape index (κ3) is 5.09. The maximum Gasteiger partial charge on any atom is 0.246 e. The monoisotopic (exact) mass is 454 g/mol. The average Bonchev–Trinajstić information content (AvgIpc) is 2.62. The molecule has 2 aromatic carbocycles. The summed E-state index contributed by atoms with van der Waals surface area (Å²) in [5.74, 6) is -0.0293. The van der Waals surface area contributed by atoms with Gasteiger partial charge in [0.15, 0.2) is 0 Å². The lowest BCUT2D eigenvalue weighted by Gasteiger charge is -2.20. The van der Waals surface area contributed by atoms with Gasteiger partial charge in [-0.3, -0.25) is 4.79 Å². The van der Waals surface area contributed by atoms with Crippen molar-refractivity contribution in [3.8, 4) is 5.75 Å². The third-order valence-electron chi connectivity index (χ3n) is 4.06. The van der Waals surface area contributed by atoms with Crippen LogP contribution in [0.3, 0.4) is 0 Å². The van der Waals surface area contributed by atoms with Gasteiger partial charge < -0.3 is 10.1 Å². The first-order chi connectivity index (χ1) is 12.7. The number of nitrogens with one attached hydrogen (secondary N) is 1. The highest BCUT2D eigenvalue weighted by molar-refractivity contribution is 9.10. The van der Waals surface area contributed by atoms with Crippen molar-refractivity contribution in [1.82, 2.24) is 4.31 Å². The van der Waals surface area contributed by atoms with Crippen molar-refractivity contribution in [3.05, 3.63) is 52.5 Å². The first-order valence-electron chi connectivity index (χ1n) is 8.35. The number of carbonyl (C=O) groups excluding carboxylic acids is 1. The Morgan fingerprint density at radius 3 is 2.48 bits per heavy atom. The molecule has 146 valence electrons. The zero-order chi connectivity index (χ0) is 20.2. The molecule has 1 amide bonds. The molecule has 0 heterocycles. The van der Waals surface area contributed by atoms with Crippen molar-refractivity contribution in [2.75, 3.05) is 26.0 Å². The number of para-hydroxylation sites is 1. The quantitative estimate of drug-likeness (QED) is 0.689. The van der Waals surface area contributed by atoms with Crippen LogP contribution >= 0.6 is 15.9 Å². The molecular formula is C19H23BrN2O4S. The van der Waals surface area contributed by atoms with Gasteiger partial charge in [-0.2, -0.15) is 4.31 Å². The molecule has 2 rings (SSSR count).